The maximum absolute atomic E-state index is 12.3. The first-order chi connectivity index (χ1) is 11.0. The van der Waals surface area contributed by atoms with Crippen molar-refractivity contribution in [1.82, 2.24) is 0 Å². The van der Waals surface area contributed by atoms with Crippen LogP contribution >= 0.6 is 0 Å². The zero-order valence-electron chi connectivity index (χ0n) is 13.0. The van der Waals surface area contributed by atoms with E-state index in [9.17, 15) is 14.9 Å². The molecule has 0 unspecified atom stereocenters. The predicted octanol–water partition coefficient (Wildman–Crippen LogP) is 3.94. The van der Waals surface area contributed by atoms with Crippen LogP contribution in [0.4, 0.5) is 11.4 Å². The van der Waals surface area contributed by atoms with Gasteiger partial charge in [0.15, 0.2) is 0 Å². The SMILES string of the molecule is CCCOc1cccc(C(=O)Nc2ccc([N+](=O)[O-])cc2C)c1. The molecule has 2 rings (SSSR count). The number of non-ortho nitro benzene ring substituents is 1. The van der Waals surface area contributed by atoms with Crippen LogP contribution in [0.1, 0.15) is 29.3 Å². The summed E-state index contributed by atoms with van der Waals surface area (Å²) in [5, 5.41) is 13.5. The van der Waals surface area contributed by atoms with Gasteiger partial charge in [0.25, 0.3) is 11.6 Å². The molecule has 0 aliphatic rings. The minimum Gasteiger partial charge on any atom is -0.494 e. The number of hydrogen-bond acceptors (Lipinski definition) is 4. The van der Waals surface area contributed by atoms with E-state index in [0.717, 1.165) is 6.42 Å². The molecule has 0 atom stereocenters. The number of nitrogens with zero attached hydrogens (tertiary/aromatic N) is 1. The lowest BCUT2D eigenvalue weighted by atomic mass is 10.1. The molecule has 0 saturated heterocycles. The van der Waals surface area contributed by atoms with Gasteiger partial charge in [-0.25, -0.2) is 0 Å². The van der Waals surface area contributed by atoms with E-state index in [1.165, 1.54) is 18.2 Å². The number of amides is 1. The third-order valence-electron chi connectivity index (χ3n) is 3.24. The van der Waals surface area contributed by atoms with Crippen molar-refractivity contribution >= 4 is 17.3 Å². The molecule has 0 aliphatic heterocycles. The number of nitrogens with one attached hydrogen (secondary N) is 1. The second-order valence-corrected chi connectivity index (χ2v) is 5.09. The lowest BCUT2D eigenvalue weighted by Gasteiger charge is -2.10. The van der Waals surface area contributed by atoms with Crippen LogP contribution in [-0.4, -0.2) is 17.4 Å². The summed E-state index contributed by atoms with van der Waals surface area (Å²) < 4.78 is 5.51. The van der Waals surface area contributed by atoms with E-state index >= 15 is 0 Å². The van der Waals surface area contributed by atoms with Gasteiger partial charge in [0.2, 0.25) is 0 Å². The summed E-state index contributed by atoms with van der Waals surface area (Å²) in [6.07, 6.45) is 0.887. The van der Waals surface area contributed by atoms with Gasteiger partial charge in [0.05, 0.1) is 11.5 Å². The third kappa shape index (κ3) is 4.29. The Morgan fingerprint density at radius 2 is 2.04 bits per heavy atom. The summed E-state index contributed by atoms with van der Waals surface area (Å²) in [4.78, 5) is 22.6. The molecule has 6 nitrogen and oxygen atoms in total. The van der Waals surface area contributed by atoms with Crippen LogP contribution in [0.5, 0.6) is 5.75 Å². The van der Waals surface area contributed by atoms with Gasteiger partial charge < -0.3 is 10.1 Å². The van der Waals surface area contributed by atoms with E-state index in [1.54, 1.807) is 31.2 Å². The van der Waals surface area contributed by atoms with Gasteiger partial charge >= 0.3 is 0 Å². The van der Waals surface area contributed by atoms with Gasteiger partial charge in [-0.2, -0.15) is 0 Å². The molecule has 23 heavy (non-hydrogen) atoms. The first-order valence-electron chi connectivity index (χ1n) is 7.30. The molecular weight excluding hydrogens is 296 g/mol. The number of benzene rings is 2. The summed E-state index contributed by atoms with van der Waals surface area (Å²) >= 11 is 0. The fourth-order valence-corrected chi connectivity index (χ4v) is 2.04. The number of carbonyl (C=O) groups excluding carboxylic acids is 1. The first kappa shape index (κ1) is 16.5. The van der Waals surface area contributed by atoms with Crippen LogP contribution in [0.15, 0.2) is 42.5 Å². The zero-order valence-corrected chi connectivity index (χ0v) is 13.0. The van der Waals surface area contributed by atoms with Crippen LogP contribution in [0.2, 0.25) is 0 Å². The van der Waals surface area contributed by atoms with Crippen molar-refractivity contribution in [3.8, 4) is 5.75 Å². The number of ether oxygens (including phenoxy) is 1. The fourth-order valence-electron chi connectivity index (χ4n) is 2.04. The van der Waals surface area contributed by atoms with E-state index in [2.05, 4.69) is 5.32 Å². The number of anilines is 1. The van der Waals surface area contributed by atoms with Crippen LogP contribution in [0.25, 0.3) is 0 Å². The average Bonchev–Trinajstić information content (AvgIpc) is 2.54. The van der Waals surface area contributed by atoms with Crippen molar-refractivity contribution in [2.24, 2.45) is 0 Å². The van der Waals surface area contributed by atoms with Gasteiger partial charge in [-0.1, -0.05) is 13.0 Å². The topological polar surface area (TPSA) is 81.5 Å². The highest BCUT2D eigenvalue weighted by molar-refractivity contribution is 6.04. The Bertz CT molecular complexity index is 728. The van der Waals surface area contributed by atoms with Gasteiger partial charge in [-0.15, -0.1) is 0 Å². The number of carbonyl (C=O) groups is 1. The van der Waals surface area contributed by atoms with Crippen molar-refractivity contribution in [2.75, 3.05) is 11.9 Å². The highest BCUT2D eigenvalue weighted by Gasteiger charge is 2.12. The summed E-state index contributed by atoms with van der Waals surface area (Å²) in [5.41, 5.74) is 1.64. The van der Waals surface area contributed by atoms with Crippen molar-refractivity contribution in [3.63, 3.8) is 0 Å². The molecular formula is C17H18N2O4. The fraction of sp³-hybridized carbons (Fsp3) is 0.235. The summed E-state index contributed by atoms with van der Waals surface area (Å²) in [6, 6.07) is 11.2. The second kappa shape index (κ2) is 7.40. The lowest BCUT2D eigenvalue weighted by molar-refractivity contribution is -0.384. The molecule has 2 aromatic rings. The molecule has 2 aromatic carbocycles. The lowest BCUT2D eigenvalue weighted by Crippen LogP contribution is -2.13. The van der Waals surface area contributed by atoms with Gasteiger partial charge in [0.1, 0.15) is 5.75 Å². The maximum Gasteiger partial charge on any atom is 0.269 e. The Balaban J connectivity index is 2.14. The van der Waals surface area contributed by atoms with Crippen LogP contribution < -0.4 is 10.1 Å². The summed E-state index contributed by atoms with van der Waals surface area (Å²) in [5.74, 6) is 0.351. The van der Waals surface area contributed by atoms with E-state index in [-0.39, 0.29) is 11.6 Å². The van der Waals surface area contributed by atoms with Gasteiger partial charge in [-0.05, 0) is 43.2 Å². The molecule has 1 N–H and O–H groups in total. The van der Waals surface area contributed by atoms with E-state index in [1.807, 2.05) is 6.92 Å². The average molecular weight is 314 g/mol. The Morgan fingerprint density at radius 3 is 2.70 bits per heavy atom. The van der Waals surface area contributed by atoms with E-state index in [0.29, 0.717) is 29.2 Å². The Hall–Kier alpha value is -2.89. The Labute approximate surface area is 134 Å². The highest BCUT2D eigenvalue weighted by Crippen LogP contribution is 2.22. The van der Waals surface area contributed by atoms with Gasteiger partial charge in [0, 0.05) is 23.4 Å². The van der Waals surface area contributed by atoms with Crippen molar-refractivity contribution in [2.45, 2.75) is 20.3 Å². The molecule has 0 fully saturated rings. The Morgan fingerprint density at radius 1 is 1.26 bits per heavy atom. The van der Waals surface area contributed by atoms with Gasteiger partial charge in [-0.3, -0.25) is 14.9 Å². The number of hydrogen-bond donors (Lipinski definition) is 1. The van der Waals surface area contributed by atoms with Crippen molar-refractivity contribution < 1.29 is 14.5 Å². The molecule has 0 spiro atoms. The predicted molar refractivity (Wildman–Crippen MR) is 88.0 cm³/mol. The summed E-state index contributed by atoms with van der Waals surface area (Å²) in [6.45, 7) is 4.31. The Kier molecular flexibility index (Phi) is 5.30. The molecule has 1 amide bonds. The third-order valence-corrected chi connectivity index (χ3v) is 3.24. The molecule has 0 aromatic heterocycles. The largest absolute Gasteiger partial charge is 0.494 e. The number of nitro benzene ring substituents is 1. The van der Waals surface area contributed by atoms with E-state index < -0.39 is 4.92 Å². The zero-order chi connectivity index (χ0) is 16.8. The van der Waals surface area contributed by atoms with Crippen molar-refractivity contribution in [1.29, 1.82) is 0 Å². The molecule has 0 heterocycles. The second-order valence-electron chi connectivity index (χ2n) is 5.09. The van der Waals surface area contributed by atoms with Crippen LogP contribution in [0, 0.1) is 17.0 Å². The summed E-state index contributed by atoms with van der Waals surface area (Å²) in [7, 11) is 0. The molecule has 0 aliphatic carbocycles. The molecule has 0 saturated carbocycles. The first-order valence-corrected chi connectivity index (χ1v) is 7.30. The van der Waals surface area contributed by atoms with E-state index in [4.69, 9.17) is 4.74 Å². The highest BCUT2D eigenvalue weighted by atomic mass is 16.6. The minimum absolute atomic E-state index is 0.00420. The molecule has 0 bridgehead atoms. The number of aryl methyl sites for hydroxylation is 1. The molecule has 6 heteroatoms. The monoisotopic (exact) mass is 314 g/mol. The van der Waals surface area contributed by atoms with Crippen LogP contribution in [-0.2, 0) is 0 Å². The maximum atomic E-state index is 12.3. The van der Waals surface area contributed by atoms with Crippen molar-refractivity contribution in [3.05, 3.63) is 63.7 Å². The van der Waals surface area contributed by atoms with Crippen LogP contribution in [0.3, 0.4) is 0 Å². The standard InChI is InChI=1S/C17H18N2O4/c1-3-9-23-15-6-4-5-13(11-15)17(20)18-16-8-7-14(19(21)22)10-12(16)2/h4-8,10-11H,3,9H2,1-2H3,(H,18,20). The number of nitro groups is 1. The smallest absolute Gasteiger partial charge is 0.269 e. The number of rotatable bonds is 6. The quantitative estimate of drug-likeness (QED) is 0.646. The molecule has 120 valence electrons. The normalized spacial score (nSPS) is 10.2. The minimum atomic E-state index is -0.465. The molecule has 0 radical (unpaired) electrons.